The second-order valence-electron chi connectivity index (χ2n) is 5.94. The molecule has 0 fully saturated rings. The third-order valence-electron chi connectivity index (χ3n) is 4.16. The molecule has 26 heavy (non-hydrogen) atoms. The van der Waals surface area contributed by atoms with Gasteiger partial charge in [0, 0.05) is 29.9 Å². The van der Waals surface area contributed by atoms with Crippen LogP contribution < -0.4 is 10.1 Å². The van der Waals surface area contributed by atoms with Crippen molar-refractivity contribution in [2.45, 2.75) is 12.5 Å². The molecule has 132 valence electrons. The lowest BCUT2D eigenvalue weighted by atomic mass is 10.0. The normalized spacial score (nSPS) is 15.4. The zero-order valence-electron chi connectivity index (χ0n) is 13.5. The zero-order valence-corrected chi connectivity index (χ0v) is 15.1. The molecule has 0 spiro atoms. The first-order valence-corrected chi connectivity index (χ1v) is 9.28. The van der Waals surface area contributed by atoms with Gasteiger partial charge in [0.15, 0.2) is 11.6 Å². The molecule has 0 saturated heterocycles. The molecule has 2 aromatic heterocycles. The van der Waals surface area contributed by atoms with Gasteiger partial charge >= 0.3 is 0 Å². The number of ether oxygens (including phenoxy) is 1. The fourth-order valence-corrected chi connectivity index (χ4v) is 4.00. The van der Waals surface area contributed by atoms with Crippen LogP contribution in [0.4, 0.5) is 4.39 Å². The summed E-state index contributed by atoms with van der Waals surface area (Å²) in [6, 6.07) is 8.73. The molecule has 4 nitrogen and oxygen atoms in total. The molecule has 0 bridgehead atoms. The van der Waals surface area contributed by atoms with Gasteiger partial charge in [-0.25, -0.2) is 4.39 Å². The summed E-state index contributed by atoms with van der Waals surface area (Å²) in [4.78, 5) is 16.7. The second kappa shape index (κ2) is 7.05. The maximum Gasteiger partial charge on any atom is 0.263 e. The molecule has 0 radical (unpaired) electrons. The summed E-state index contributed by atoms with van der Waals surface area (Å²) in [5, 5.41) is 4.98. The standard InChI is InChI=1S/C19H14ClFN2O2S/c20-15-3-5-26-18(15)19(24)23-10-14-7-13-6-12(8-16(21)17(13)25-14)11-2-1-4-22-9-11/h1-6,8-9,14H,7,10H2,(H,23,24)/t14-/m1/s1. The van der Waals surface area contributed by atoms with Gasteiger partial charge < -0.3 is 10.1 Å². The van der Waals surface area contributed by atoms with Gasteiger partial charge in [-0.1, -0.05) is 17.7 Å². The van der Waals surface area contributed by atoms with Crippen molar-refractivity contribution in [1.82, 2.24) is 10.3 Å². The van der Waals surface area contributed by atoms with Crippen LogP contribution in [0.15, 0.2) is 48.1 Å². The van der Waals surface area contributed by atoms with E-state index in [2.05, 4.69) is 10.3 Å². The summed E-state index contributed by atoms with van der Waals surface area (Å²) in [7, 11) is 0. The molecule has 0 unspecified atom stereocenters. The molecule has 3 aromatic rings. The minimum atomic E-state index is -0.406. The third kappa shape index (κ3) is 3.30. The molecule has 4 rings (SSSR count). The molecule has 7 heteroatoms. The number of hydrogen-bond donors (Lipinski definition) is 1. The van der Waals surface area contributed by atoms with E-state index in [1.807, 2.05) is 18.2 Å². The number of halogens is 2. The van der Waals surface area contributed by atoms with Gasteiger partial charge in [-0.2, -0.15) is 0 Å². The number of benzene rings is 1. The van der Waals surface area contributed by atoms with Gasteiger partial charge in [0.05, 0.1) is 11.6 Å². The Bertz CT molecular complexity index is 961. The Labute approximate surface area is 158 Å². The average molecular weight is 389 g/mol. The van der Waals surface area contributed by atoms with Crippen molar-refractivity contribution in [3.63, 3.8) is 0 Å². The fraction of sp³-hybridized carbons (Fsp3) is 0.158. The number of nitrogens with zero attached hydrogens (tertiary/aromatic N) is 1. The van der Waals surface area contributed by atoms with Crippen molar-refractivity contribution >= 4 is 28.8 Å². The van der Waals surface area contributed by atoms with Crippen molar-refractivity contribution in [3.05, 3.63) is 69.4 Å². The van der Waals surface area contributed by atoms with Crippen molar-refractivity contribution < 1.29 is 13.9 Å². The lowest BCUT2D eigenvalue weighted by molar-refractivity contribution is 0.0937. The molecule has 0 aliphatic carbocycles. The fourth-order valence-electron chi connectivity index (χ4n) is 2.94. The number of fused-ring (bicyclic) bond motifs is 1. The highest BCUT2D eigenvalue weighted by Gasteiger charge is 2.27. The van der Waals surface area contributed by atoms with Crippen LogP contribution in [-0.4, -0.2) is 23.5 Å². The number of carbonyl (C=O) groups excluding carboxylic acids is 1. The van der Waals surface area contributed by atoms with E-state index in [0.29, 0.717) is 16.3 Å². The average Bonchev–Trinajstić information content (AvgIpc) is 3.26. The maximum atomic E-state index is 14.4. The van der Waals surface area contributed by atoms with Crippen LogP contribution >= 0.6 is 22.9 Å². The van der Waals surface area contributed by atoms with Crippen LogP contribution in [0.25, 0.3) is 11.1 Å². The number of carbonyl (C=O) groups is 1. The van der Waals surface area contributed by atoms with Gasteiger partial charge in [-0.05, 0) is 35.2 Å². The van der Waals surface area contributed by atoms with E-state index in [1.165, 1.54) is 17.4 Å². The van der Waals surface area contributed by atoms with Crippen molar-refractivity contribution in [1.29, 1.82) is 0 Å². The largest absolute Gasteiger partial charge is 0.485 e. The molecule has 1 amide bonds. The summed E-state index contributed by atoms with van der Waals surface area (Å²) in [5.41, 5.74) is 2.39. The molecule has 1 aliphatic rings. The molecule has 1 atom stereocenters. The summed E-state index contributed by atoms with van der Waals surface area (Å²) >= 11 is 7.24. The van der Waals surface area contributed by atoms with Crippen LogP contribution in [0.3, 0.4) is 0 Å². The number of rotatable bonds is 4. The summed E-state index contributed by atoms with van der Waals surface area (Å²) in [6.07, 6.45) is 3.58. The number of amides is 1. The summed E-state index contributed by atoms with van der Waals surface area (Å²) < 4.78 is 20.1. The second-order valence-corrected chi connectivity index (χ2v) is 7.26. The van der Waals surface area contributed by atoms with Gasteiger partial charge in [0.2, 0.25) is 0 Å². The monoisotopic (exact) mass is 388 g/mol. The molecule has 1 N–H and O–H groups in total. The molecule has 1 aliphatic heterocycles. The Balaban J connectivity index is 1.46. The minimum absolute atomic E-state index is 0.249. The van der Waals surface area contributed by atoms with Crippen LogP contribution in [0.2, 0.25) is 5.02 Å². The van der Waals surface area contributed by atoms with E-state index >= 15 is 0 Å². The maximum absolute atomic E-state index is 14.4. The molecule has 1 aromatic carbocycles. The number of pyridine rings is 1. The van der Waals surface area contributed by atoms with Gasteiger partial charge in [0.1, 0.15) is 11.0 Å². The van der Waals surface area contributed by atoms with Gasteiger partial charge in [-0.15, -0.1) is 11.3 Å². The summed E-state index contributed by atoms with van der Waals surface area (Å²) in [5.74, 6) is -0.399. The van der Waals surface area contributed by atoms with E-state index in [9.17, 15) is 9.18 Å². The van der Waals surface area contributed by atoms with E-state index in [4.69, 9.17) is 16.3 Å². The molecule has 3 heterocycles. The van der Waals surface area contributed by atoms with Crippen LogP contribution in [0.1, 0.15) is 15.2 Å². The number of aromatic nitrogens is 1. The molecular weight excluding hydrogens is 375 g/mol. The third-order valence-corrected chi connectivity index (χ3v) is 5.50. The highest BCUT2D eigenvalue weighted by molar-refractivity contribution is 7.12. The quantitative estimate of drug-likeness (QED) is 0.723. The van der Waals surface area contributed by atoms with Gasteiger partial charge in [-0.3, -0.25) is 9.78 Å². The number of nitrogens with one attached hydrogen (secondary N) is 1. The number of thiophene rings is 1. The van der Waals surface area contributed by atoms with Crippen LogP contribution in [0.5, 0.6) is 5.75 Å². The predicted octanol–water partition coefficient (Wildman–Crippen LogP) is 4.34. The molecule has 0 saturated carbocycles. The topological polar surface area (TPSA) is 51.2 Å². The van der Waals surface area contributed by atoms with E-state index in [1.54, 1.807) is 23.8 Å². The minimum Gasteiger partial charge on any atom is -0.485 e. The first-order chi connectivity index (χ1) is 12.6. The Morgan fingerprint density at radius 2 is 2.27 bits per heavy atom. The lowest BCUT2D eigenvalue weighted by Crippen LogP contribution is -2.34. The Kier molecular flexibility index (Phi) is 4.61. The highest BCUT2D eigenvalue weighted by atomic mass is 35.5. The Hall–Kier alpha value is -2.44. The molecular formula is C19H14ClFN2O2S. The first kappa shape index (κ1) is 17.0. The van der Waals surface area contributed by atoms with E-state index < -0.39 is 5.82 Å². The number of hydrogen-bond acceptors (Lipinski definition) is 4. The van der Waals surface area contributed by atoms with Crippen molar-refractivity contribution in [2.24, 2.45) is 0 Å². The van der Waals surface area contributed by atoms with Crippen LogP contribution in [-0.2, 0) is 6.42 Å². The first-order valence-electron chi connectivity index (χ1n) is 8.02. The Morgan fingerprint density at radius 1 is 1.38 bits per heavy atom. The smallest absolute Gasteiger partial charge is 0.263 e. The lowest BCUT2D eigenvalue weighted by Gasteiger charge is -2.11. The highest BCUT2D eigenvalue weighted by Crippen LogP contribution is 2.35. The van der Waals surface area contributed by atoms with E-state index in [-0.39, 0.29) is 24.3 Å². The SMILES string of the molecule is O=C(NC[C@H]1Cc2cc(-c3cccnc3)cc(F)c2O1)c1sccc1Cl. The van der Waals surface area contributed by atoms with Crippen molar-refractivity contribution in [2.75, 3.05) is 6.54 Å². The van der Waals surface area contributed by atoms with Gasteiger partial charge in [0.25, 0.3) is 5.91 Å². The zero-order chi connectivity index (χ0) is 18.1. The van der Waals surface area contributed by atoms with Crippen molar-refractivity contribution in [3.8, 4) is 16.9 Å². The summed E-state index contributed by atoms with van der Waals surface area (Å²) in [6.45, 7) is 0.281. The predicted molar refractivity (Wildman–Crippen MR) is 99.4 cm³/mol. The Morgan fingerprint density at radius 3 is 3.00 bits per heavy atom. The van der Waals surface area contributed by atoms with Crippen LogP contribution in [0, 0.1) is 5.82 Å². The van der Waals surface area contributed by atoms with E-state index in [0.717, 1.165) is 16.7 Å².